The van der Waals surface area contributed by atoms with Gasteiger partial charge in [0.15, 0.2) is 0 Å². The van der Waals surface area contributed by atoms with Gasteiger partial charge in [-0.1, -0.05) is 78.1 Å². The third-order valence-electron chi connectivity index (χ3n) is 4.58. The molecule has 0 aliphatic rings. The number of nitrogens with one attached hydrogen (secondary N) is 1. The molecule has 4 aromatic rings. The Morgan fingerprint density at radius 3 is 2.07 bits per heavy atom. The van der Waals surface area contributed by atoms with Gasteiger partial charge in [-0.05, 0) is 22.8 Å². The van der Waals surface area contributed by atoms with Crippen molar-refractivity contribution in [1.82, 2.24) is 4.98 Å². The molecule has 2 N–H and O–H groups in total. The average molecular weight is 420 g/mol. The van der Waals surface area contributed by atoms with E-state index >= 15 is 0 Å². The van der Waals surface area contributed by atoms with E-state index in [1.807, 2.05) is 78.9 Å². The Bertz CT molecular complexity index is 1150. The van der Waals surface area contributed by atoms with E-state index in [-0.39, 0.29) is 10.8 Å². The molecule has 0 aliphatic heterocycles. The number of rotatable bonds is 8. The highest BCUT2D eigenvalue weighted by atomic mass is 32.1. The smallest absolute Gasteiger partial charge is 0.307 e. The monoisotopic (exact) mass is 419 g/mol. The molecule has 4 rings (SSSR count). The maximum Gasteiger partial charge on any atom is 0.307 e. The van der Waals surface area contributed by atoms with E-state index in [9.17, 15) is 9.90 Å². The van der Waals surface area contributed by atoms with Crippen LogP contribution in [0.5, 0.6) is 17.4 Å². The molecule has 1 heterocycles. The summed E-state index contributed by atoms with van der Waals surface area (Å²) in [6.07, 6.45) is 0.387. The number of thiazole rings is 1. The molecule has 0 atom stereocenters. The first-order valence-corrected chi connectivity index (χ1v) is 10.4. The zero-order valence-electron chi connectivity index (χ0n) is 16.2. The lowest BCUT2D eigenvalue weighted by Crippen LogP contribution is -2.01. The van der Waals surface area contributed by atoms with Crippen molar-refractivity contribution in [2.24, 2.45) is 0 Å². The van der Waals surface area contributed by atoms with Gasteiger partial charge < -0.3 is 14.6 Å². The summed E-state index contributed by atoms with van der Waals surface area (Å²) in [5.74, 6) is 1.25. The SMILES string of the molecule is O=c1[nH]c(O)c(Cc2ccc(OCc3ccccc3)cc2OCc2ccccc2)s1. The topological polar surface area (TPSA) is 71.6 Å². The molecule has 0 unspecified atom stereocenters. The van der Waals surface area contributed by atoms with Gasteiger partial charge in [0.05, 0.1) is 4.88 Å². The van der Waals surface area contributed by atoms with Crippen LogP contribution >= 0.6 is 11.3 Å². The summed E-state index contributed by atoms with van der Waals surface area (Å²) in [6.45, 7) is 0.865. The molecule has 0 radical (unpaired) electrons. The van der Waals surface area contributed by atoms with E-state index in [1.165, 1.54) is 0 Å². The van der Waals surface area contributed by atoms with Crippen molar-refractivity contribution in [3.8, 4) is 17.4 Å². The Kier molecular flexibility index (Phi) is 6.15. The second-order valence-corrected chi connectivity index (χ2v) is 7.85. The number of aromatic amines is 1. The lowest BCUT2D eigenvalue weighted by molar-refractivity contribution is 0.288. The lowest BCUT2D eigenvalue weighted by atomic mass is 10.1. The summed E-state index contributed by atoms with van der Waals surface area (Å²) >= 11 is 0.996. The molecule has 0 amide bonds. The fraction of sp³-hybridized carbons (Fsp3) is 0.125. The summed E-state index contributed by atoms with van der Waals surface area (Å²) in [5.41, 5.74) is 2.99. The number of benzene rings is 3. The molecule has 6 heteroatoms. The second kappa shape index (κ2) is 9.33. The van der Waals surface area contributed by atoms with Crippen LogP contribution in [0.15, 0.2) is 83.7 Å². The number of aromatic nitrogens is 1. The molecule has 152 valence electrons. The quantitative estimate of drug-likeness (QED) is 0.427. The largest absolute Gasteiger partial charge is 0.494 e. The average Bonchev–Trinajstić information content (AvgIpc) is 3.10. The van der Waals surface area contributed by atoms with Crippen LogP contribution < -0.4 is 14.3 Å². The van der Waals surface area contributed by atoms with Gasteiger partial charge in [0, 0.05) is 12.5 Å². The van der Waals surface area contributed by atoms with Crippen LogP contribution in [0.3, 0.4) is 0 Å². The minimum Gasteiger partial charge on any atom is -0.494 e. The summed E-state index contributed by atoms with van der Waals surface area (Å²) in [7, 11) is 0. The molecule has 3 aromatic carbocycles. The van der Waals surface area contributed by atoms with Gasteiger partial charge in [-0.2, -0.15) is 0 Å². The Hall–Kier alpha value is -3.51. The van der Waals surface area contributed by atoms with E-state index < -0.39 is 0 Å². The van der Waals surface area contributed by atoms with Gasteiger partial charge in [0.25, 0.3) is 0 Å². The number of hydrogen-bond acceptors (Lipinski definition) is 5. The van der Waals surface area contributed by atoms with Gasteiger partial charge in [-0.3, -0.25) is 9.78 Å². The Balaban J connectivity index is 1.55. The number of ether oxygens (including phenoxy) is 2. The molecule has 0 aliphatic carbocycles. The van der Waals surface area contributed by atoms with Crippen molar-refractivity contribution >= 4 is 11.3 Å². The van der Waals surface area contributed by atoms with Crippen molar-refractivity contribution < 1.29 is 14.6 Å². The molecule has 1 aromatic heterocycles. The zero-order chi connectivity index (χ0) is 20.8. The normalized spacial score (nSPS) is 10.7. The van der Waals surface area contributed by atoms with Crippen LogP contribution in [0.25, 0.3) is 0 Å². The predicted octanol–water partition coefficient (Wildman–Crippen LogP) is 4.89. The summed E-state index contributed by atoms with van der Waals surface area (Å²) in [5, 5.41) is 9.95. The molecule has 5 nitrogen and oxygen atoms in total. The molecular formula is C24H21NO4S. The number of hydrogen-bond donors (Lipinski definition) is 2. The van der Waals surface area contributed by atoms with Crippen LogP contribution in [-0.4, -0.2) is 10.1 Å². The molecular weight excluding hydrogens is 398 g/mol. The molecule has 0 saturated carbocycles. The molecule has 0 spiro atoms. The summed E-state index contributed by atoms with van der Waals surface area (Å²) in [6, 6.07) is 25.5. The molecule has 0 bridgehead atoms. The summed E-state index contributed by atoms with van der Waals surface area (Å²) in [4.78, 5) is 14.2. The molecule has 30 heavy (non-hydrogen) atoms. The zero-order valence-corrected chi connectivity index (χ0v) is 17.0. The maximum atomic E-state index is 11.5. The second-order valence-electron chi connectivity index (χ2n) is 6.78. The molecule has 0 fully saturated rings. The Labute approximate surface area is 178 Å². The van der Waals surface area contributed by atoms with E-state index in [0.717, 1.165) is 28.0 Å². The van der Waals surface area contributed by atoms with Crippen molar-refractivity contribution in [2.75, 3.05) is 0 Å². The van der Waals surface area contributed by atoms with E-state index in [4.69, 9.17) is 9.47 Å². The highest BCUT2D eigenvalue weighted by Gasteiger charge is 2.13. The summed E-state index contributed by atoms with van der Waals surface area (Å²) < 4.78 is 12.0. The first-order valence-electron chi connectivity index (χ1n) is 9.55. The highest BCUT2D eigenvalue weighted by Crippen LogP contribution is 2.31. The van der Waals surface area contributed by atoms with Gasteiger partial charge in [-0.25, -0.2) is 0 Å². The first kappa shape index (κ1) is 19.8. The van der Waals surface area contributed by atoms with E-state index in [0.29, 0.717) is 36.0 Å². The van der Waals surface area contributed by atoms with E-state index in [2.05, 4.69) is 4.98 Å². The van der Waals surface area contributed by atoms with Crippen LogP contribution in [0.1, 0.15) is 21.6 Å². The fourth-order valence-electron chi connectivity index (χ4n) is 3.03. The van der Waals surface area contributed by atoms with Crippen molar-refractivity contribution in [1.29, 1.82) is 0 Å². The van der Waals surface area contributed by atoms with Gasteiger partial charge >= 0.3 is 4.87 Å². The predicted molar refractivity (Wildman–Crippen MR) is 117 cm³/mol. The maximum absolute atomic E-state index is 11.5. The van der Waals surface area contributed by atoms with Gasteiger partial charge in [-0.15, -0.1) is 0 Å². The minimum absolute atomic E-state index is 0.0941. The lowest BCUT2D eigenvalue weighted by Gasteiger charge is -2.14. The highest BCUT2D eigenvalue weighted by molar-refractivity contribution is 7.09. The van der Waals surface area contributed by atoms with Crippen molar-refractivity contribution in [3.63, 3.8) is 0 Å². The van der Waals surface area contributed by atoms with Crippen molar-refractivity contribution in [2.45, 2.75) is 19.6 Å². The van der Waals surface area contributed by atoms with Crippen LogP contribution in [0.4, 0.5) is 0 Å². The van der Waals surface area contributed by atoms with Crippen LogP contribution in [-0.2, 0) is 19.6 Å². The van der Waals surface area contributed by atoms with Gasteiger partial charge in [0.2, 0.25) is 5.88 Å². The third-order valence-corrected chi connectivity index (χ3v) is 5.45. The van der Waals surface area contributed by atoms with E-state index in [1.54, 1.807) is 0 Å². The standard InChI is InChI=1S/C24H21NO4S/c26-23-22(30-24(27)25-23)13-19-11-12-20(28-15-17-7-3-1-4-8-17)14-21(19)29-16-18-9-5-2-6-10-18/h1-12,14,26H,13,15-16H2,(H,25,27). The van der Waals surface area contributed by atoms with Crippen molar-refractivity contribution in [3.05, 3.63) is 110 Å². The van der Waals surface area contributed by atoms with Gasteiger partial charge in [0.1, 0.15) is 24.7 Å². The Morgan fingerprint density at radius 2 is 1.47 bits per heavy atom. The molecule has 0 saturated heterocycles. The number of H-pyrrole nitrogens is 1. The fourth-order valence-corrected chi connectivity index (χ4v) is 3.77. The number of aromatic hydroxyl groups is 1. The van der Waals surface area contributed by atoms with Crippen LogP contribution in [0, 0.1) is 0 Å². The minimum atomic E-state index is -0.280. The third kappa shape index (κ3) is 5.10. The Morgan fingerprint density at radius 1 is 0.833 bits per heavy atom. The van der Waals surface area contributed by atoms with Crippen LogP contribution in [0.2, 0.25) is 0 Å². The first-order chi connectivity index (χ1) is 14.7.